The number of nitrogens with zero attached hydrogens (tertiary/aromatic N) is 3. The first-order valence-electron chi connectivity index (χ1n) is 5.39. The number of nitrogen functional groups attached to an aromatic ring is 1. The zero-order valence-corrected chi connectivity index (χ0v) is 9.71. The Morgan fingerprint density at radius 2 is 2.11 bits per heavy atom. The molecule has 0 spiro atoms. The summed E-state index contributed by atoms with van der Waals surface area (Å²) < 4.78 is 5.21. The van der Waals surface area contributed by atoms with Gasteiger partial charge in [0.25, 0.3) is 0 Å². The summed E-state index contributed by atoms with van der Waals surface area (Å²) in [4.78, 5) is 8.46. The molecule has 0 fully saturated rings. The minimum absolute atomic E-state index is 0.234. The van der Waals surface area contributed by atoms with Gasteiger partial charge in [-0.25, -0.2) is 9.97 Å². The van der Waals surface area contributed by atoms with Crippen LogP contribution in [0.3, 0.4) is 0 Å². The van der Waals surface area contributed by atoms with Gasteiger partial charge in [-0.05, 0) is 24.3 Å². The number of methoxy groups -OCH3 is 1. The second-order valence-electron chi connectivity index (χ2n) is 3.78. The van der Waals surface area contributed by atoms with E-state index >= 15 is 0 Å². The van der Waals surface area contributed by atoms with Crippen LogP contribution in [-0.2, 0) is 0 Å². The Morgan fingerprint density at radius 3 is 2.83 bits per heavy atom. The molecule has 1 aromatic carbocycles. The van der Waals surface area contributed by atoms with Gasteiger partial charge in [-0.2, -0.15) is 5.10 Å². The first-order chi connectivity index (χ1) is 8.78. The first-order valence-corrected chi connectivity index (χ1v) is 5.39. The fourth-order valence-electron chi connectivity index (χ4n) is 1.85. The molecular formula is C12H11N5O. The van der Waals surface area contributed by atoms with E-state index in [1.54, 1.807) is 13.3 Å². The second-order valence-corrected chi connectivity index (χ2v) is 3.78. The lowest BCUT2D eigenvalue weighted by Crippen LogP contribution is -1.98. The fraction of sp³-hybridized carbons (Fsp3) is 0.0833. The summed E-state index contributed by atoms with van der Waals surface area (Å²) in [5, 5.41) is 7.66. The summed E-state index contributed by atoms with van der Waals surface area (Å²) in [7, 11) is 1.62. The van der Waals surface area contributed by atoms with Crippen molar-refractivity contribution in [1.82, 2.24) is 20.2 Å². The SMILES string of the molecule is COc1ccc2nc(N)nc(-c3ccn[nH]3)c2c1. The van der Waals surface area contributed by atoms with Gasteiger partial charge in [0.2, 0.25) is 5.95 Å². The van der Waals surface area contributed by atoms with Crippen LogP contribution >= 0.6 is 0 Å². The zero-order valence-electron chi connectivity index (χ0n) is 9.71. The van der Waals surface area contributed by atoms with Crippen molar-refractivity contribution in [1.29, 1.82) is 0 Å². The fourth-order valence-corrected chi connectivity index (χ4v) is 1.85. The highest BCUT2D eigenvalue weighted by molar-refractivity contribution is 5.93. The number of nitrogens with two attached hydrogens (primary N) is 1. The summed E-state index contributed by atoms with van der Waals surface area (Å²) in [5.41, 5.74) is 8.00. The Labute approximate surface area is 103 Å². The molecule has 0 unspecified atom stereocenters. The minimum Gasteiger partial charge on any atom is -0.497 e. The van der Waals surface area contributed by atoms with Gasteiger partial charge in [-0.1, -0.05) is 0 Å². The molecule has 3 N–H and O–H groups in total. The molecule has 0 saturated carbocycles. The molecule has 0 aliphatic rings. The lowest BCUT2D eigenvalue weighted by Gasteiger charge is -2.06. The molecule has 2 aromatic heterocycles. The van der Waals surface area contributed by atoms with E-state index in [0.717, 1.165) is 22.3 Å². The quantitative estimate of drug-likeness (QED) is 0.711. The molecule has 90 valence electrons. The second kappa shape index (κ2) is 3.99. The largest absolute Gasteiger partial charge is 0.497 e. The van der Waals surface area contributed by atoms with Gasteiger partial charge in [0, 0.05) is 11.6 Å². The van der Waals surface area contributed by atoms with E-state index in [0.29, 0.717) is 5.69 Å². The summed E-state index contributed by atoms with van der Waals surface area (Å²) in [6, 6.07) is 7.41. The van der Waals surface area contributed by atoms with Crippen molar-refractivity contribution in [3.05, 3.63) is 30.5 Å². The number of aromatic amines is 1. The summed E-state index contributed by atoms with van der Waals surface area (Å²) in [6.45, 7) is 0. The molecule has 18 heavy (non-hydrogen) atoms. The predicted molar refractivity (Wildman–Crippen MR) is 68.1 cm³/mol. The molecule has 0 atom stereocenters. The average Bonchev–Trinajstić information content (AvgIpc) is 2.91. The number of aromatic nitrogens is 4. The van der Waals surface area contributed by atoms with Crippen LogP contribution in [-0.4, -0.2) is 27.3 Å². The number of fused-ring (bicyclic) bond motifs is 1. The van der Waals surface area contributed by atoms with E-state index in [9.17, 15) is 0 Å². The molecule has 0 radical (unpaired) electrons. The number of benzene rings is 1. The predicted octanol–water partition coefficient (Wildman–Crippen LogP) is 1.61. The first kappa shape index (κ1) is 10.5. The Kier molecular flexibility index (Phi) is 2.33. The minimum atomic E-state index is 0.234. The zero-order chi connectivity index (χ0) is 12.5. The van der Waals surface area contributed by atoms with Crippen molar-refractivity contribution in [2.45, 2.75) is 0 Å². The lowest BCUT2D eigenvalue weighted by molar-refractivity contribution is 0.415. The number of H-pyrrole nitrogens is 1. The van der Waals surface area contributed by atoms with Gasteiger partial charge in [0.15, 0.2) is 0 Å². The van der Waals surface area contributed by atoms with Crippen molar-refractivity contribution in [3.63, 3.8) is 0 Å². The molecule has 3 rings (SSSR count). The van der Waals surface area contributed by atoms with Gasteiger partial charge < -0.3 is 10.5 Å². The Bertz CT molecular complexity index is 693. The van der Waals surface area contributed by atoms with Gasteiger partial charge in [-0.15, -0.1) is 0 Å². The van der Waals surface area contributed by atoms with E-state index in [4.69, 9.17) is 10.5 Å². The Hall–Kier alpha value is -2.63. The van der Waals surface area contributed by atoms with Gasteiger partial charge in [-0.3, -0.25) is 5.10 Å². The maximum Gasteiger partial charge on any atom is 0.221 e. The van der Waals surface area contributed by atoms with Crippen LogP contribution < -0.4 is 10.5 Å². The van der Waals surface area contributed by atoms with Crippen molar-refractivity contribution >= 4 is 16.9 Å². The highest BCUT2D eigenvalue weighted by Gasteiger charge is 2.10. The van der Waals surface area contributed by atoms with E-state index in [2.05, 4.69) is 20.2 Å². The Balaban J connectivity index is 2.34. The summed E-state index contributed by atoms with van der Waals surface area (Å²) in [5.74, 6) is 0.980. The third-order valence-corrected chi connectivity index (χ3v) is 2.68. The number of hydrogen-bond donors (Lipinski definition) is 2. The van der Waals surface area contributed by atoms with Crippen molar-refractivity contribution < 1.29 is 4.74 Å². The van der Waals surface area contributed by atoms with Crippen molar-refractivity contribution in [2.24, 2.45) is 0 Å². The van der Waals surface area contributed by atoms with Crippen LogP contribution in [0.2, 0.25) is 0 Å². The summed E-state index contributed by atoms with van der Waals surface area (Å²) in [6.07, 6.45) is 1.67. The van der Waals surface area contributed by atoms with E-state index in [1.165, 1.54) is 0 Å². The van der Waals surface area contributed by atoms with E-state index < -0.39 is 0 Å². The third-order valence-electron chi connectivity index (χ3n) is 2.68. The molecule has 0 aliphatic heterocycles. The lowest BCUT2D eigenvalue weighted by atomic mass is 10.1. The van der Waals surface area contributed by atoms with Gasteiger partial charge in [0.1, 0.15) is 11.4 Å². The van der Waals surface area contributed by atoms with E-state index in [-0.39, 0.29) is 5.95 Å². The number of rotatable bonds is 2. The molecular weight excluding hydrogens is 230 g/mol. The number of hydrogen-bond acceptors (Lipinski definition) is 5. The summed E-state index contributed by atoms with van der Waals surface area (Å²) >= 11 is 0. The molecule has 0 saturated heterocycles. The molecule has 6 nitrogen and oxygen atoms in total. The van der Waals surface area contributed by atoms with Crippen molar-refractivity contribution in [3.8, 4) is 17.1 Å². The number of nitrogens with one attached hydrogen (secondary N) is 1. The van der Waals surface area contributed by atoms with Crippen LogP contribution in [0.1, 0.15) is 0 Å². The molecule has 2 heterocycles. The standard InChI is InChI=1S/C12H11N5O/c1-18-7-2-3-9-8(6-7)11(16-12(13)15-9)10-4-5-14-17-10/h2-6H,1H3,(H,14,17)(H2,13,15,16). The molecule has 3 aromatic rings. The normalized spacial score (nSPS) is 10.7. The van der Waals surface area contributed by atoms with Crippen LogP contribution in [0.5, 0.6) is 5.75 Å². The van der Waals surface area contributed by atoms with Crippen molar-refractivity contribution in [2.75, 3.05) is 12.8 Å². The van der Waals surface area contributed by atoms with Crippen LogP contribution in [0.25, 0.3) is 22.3 Å². The topological polar surface area (TPSA) is 89.7 Å². The smallest absolute Gasteiger partial charge is 0.221 e. The molecule has 6 heteroatoms. The van der Waals surface area contributed by atoms with Crippen LogP contribution in [0.4, 0.5) is 5.95 Å². The van der Waals surface area contributed by atoms with Crippen LogP contribution in [0.15, 0.2) is 30.5 Å². The van der Waals surface area contributed by atoms with Gasteiger partial charge >= 0.3 is 0 Å². The monoisotopic (exact) mass is 241 g/mol. The number of anilines is 1. The highest BCUT2D eigenvalue weighted by Crippen LogP contribution is 2.28. The number of ether oxygens (including phenoxy) is 1. The van der Waals surface area contributed by atoms with Gasteiger partial charge in [0.05, 0.1) is 18.3 Å². The van der Waals surface area contributed by atoms with E-state index in [1.807, 2.05) is 24.3 Å². The third kappa shape index (κ3) is 1.64. The molecule has 0 aliphatic carbocycles. The molecule has 0 amide bonds. The van der Waals surface area contributed by atoms with Crippen LogP contribution in [0, 0.1) is 0 Å². The Morgan fingerprint density at radius 1 is 1.22 bits per heavy atom. The maximum atomic E-state index is 5.71. The maximum absolute atomic E-state index is 5.71. The molecule has 0 bridgehead atoms. The highest BCUT2D eigenvalue weighted by atomic mass is 16.5. The average molecular weight is 241 g/mol.